The number of carbonyl (C=O) groups excluding carboxylic acids is 1. The summed E-state index contributed by atoms with van der Waals surface area (Å²) in [4.78, 5) is 30.8. The number of hydrogen-bond donors (Lipinski definition) is 3. The highest BCUT2D eigenvalue weighted by Crippen LogP contribution is 2.34. The molecule has 6 nitrogen and oxygen atoms in total. The predicted octanol–water partition coefficient (Wildman–Crippen LogP) is 0.606. The van der Waals surface area contributed by atoms with Crippen molar-refractivity contribution in [2.75, 3.05) is 17.6 Å². The van der Waals surface area contributed by atoms with Crippen molar-refractivity contribution < 1.29 is 19.1 Å². The number of amides is 1. The Hall–Kier alpha value is -0.720. The van der Waals surface area contributed by atoms with E-state index in [1.807, 2.05) is 0 Å². The lowest BCUT2D eigenvalue weighted by molar-refractivity contribution is -0.119. The van der Waals surface area contributed by atoms with Crippen molar-refractivity contribution in [2.45, 2.75) is 13.0 Å². The zero-order valence-electron chi connectivity index (χ0n) is 9.31. The first-order chi connectivity index (χ1) is 7.81. The first kappa shape index (κ1) is 14.3. The van der Waals surface area contributed by atoms with Crippen LogP contribution in [0.25, 0.3) is 0 Å². The Balaban J connectivity index is 2.81. The highest BCUT2D eigenvalue weighted by Gasteiger charge is 2.23. The summed E-state index contributed by atoms with van der Waals surface area (Å²) in [5.41, 5.74) is 5.50. The van der Waals surface area contributed by atoms with Crippen LogP contribution in [0.3, 0.4) is 0 Å². The average Bonchev–Trinajstić information content (AvgIpc) is 2.69. The molecule has 0 fully saturated rings. The van der Waals surface area contributed by atoms with Crippen molar-refractivity contribution in [1.29, 1.82) is 0 Å². The highest BCUT2D eigenvalue weighted by molar-refractivity contribution is 7.51. The van der Waals surface area contributed by atoms with Crippen molar-refractivity contribution in [3.8, 4) is 0 Å². The van der Waals surface area contributed by atoms with E-state index >= 15 is 0 Å². The number of hydrogen-bond acceptors (Lipinski definition) is 4. The Bertz CT molecular complexity index is 415. The van der Waals surface area contributed by atoms with Crippen molar-refractivity contribution >= 4 is 29.8 Å². The van der Waals surface area contributed by atoms with Gasteiger partial charge in [0.05, 0.1) is 17.2 Å². The van der Waals surface area contributed by atoms with E-state index in [1.54, 1.807) is 24.4 Å². The molecule has 8 heteroatoms. The van der Waals surface area contributed by atoms with Gasteiger partial charge in [-0.05, 0) is 24.4 Å². The van der Waals surface area contributed by atoms with E-state index in [4.69, 9.17) is 15.5 Å². The molecule has 0 bridgehead atoms. The molecule has 1 atom stereocenters. The van der Waals surface area contributed by atoms with E-state index < -0.39 is 13.6 Å². The van der Waals surface area contributed by atoms with Crippen molar-refractivity contribution in [2.24, 2.45) is 5.73 Å². The average molecular weight is 278 g/mol. The monoisotopic (exact) mass is 278 g/mol. The van der Waals surface area contributed by atoms with Crippen LogP contribution in [-0.2, 0) is 9.36 Å². The lowest BCUT2D eigenvalue weighted by Gasteiger charge is -2.23. The molecule has 0 aliphatic heterocycles. The van der Waals surface area contributed by atoms with Gasteiger partial charge in [0.2, 0.25) is 5.91 Å². The molecule has 1 aromatic heterocycles. The third kappa shape index (κ3) is 4.57. The molecule has 1 aromatic rings. The lowest BCUT2D eigenvalue weighted by atomic mass is 10.3. The van der Waals surface area contributed by atoms with Crippen LogP contribution in [0.4, 0.5) is 5.00 Å². The fourth-order valence-electron chi connectivity index (χ4n) is 1.23. The van der Waals surface area contributed by atoms with Gasteiger partial charge in [-0.3, -0.25) is 9.36 Å². The maximum absolute atomic E-state index is 11.8. The normalized spacial score (nSPS) is 13.4. The molecule has 0 aliphatic carbocycles. The molecule has 1 amide bonds. The zero-order valence-corrected chi connectivity index (χ0v) is 11.0. The minimum atomic E-state index is -4.12. The number of nitrogens with zero attached hydrogens (tertiary/aromatic N) is 1. The van der Waals surface area contributed by atoms with E-state index in [0.29, 0.717) is 5.00 Å². The molecule has 4 N–H and O–H groups in total. The van der Waals surface area contributed by atoms with Crippen LogP contribution in [-0.4, -0.2) is 34.4 Å². The summed E-state index contributed by atoms with van der Waals surface area (Å²) in [5, 5.41) is 2.43. The quantitative estimate of drug-likeness (QED) is 0.684. The topological polar surface area (TPSA) is 104 Å². The molecule has 0 spiro atoms. The molecule has 1 heterocycles. The highest BCUT2D eigenvalue weighted by atomic mass is 32.1. The second kappa shape index (κ2) is 5.75. The number of thiophene rings is 1. The zero-order chi connectivity index (χ0) is 13.1. The second-order valence-electron chi connectivity index (χ2n) is 3.62. The van der Waals surface area contributed by atoms with E-state index in [2.05, 4.69) is 0 Å². The standard InChI is InChI=1S/C9H15N2O4PS/c1-7(10)9(12)11(4-5-16(13,14)15)8-3-2-6-17-8/h2-3,6-7H,4-5,10H2,1H3,(H2,13,14,15)/t7-/m0/s1. The minimum absolute atomic E-state index is 0.0365. The van der Waals surface area contributed by atoms with Gasteiger partial charge in [-0.1, -0.05) is 0 Å². The third-order valence-corrected chi connectivity index (χ3v) is 3.72. The summed E-state index contributed by atoms with van der Waals surface area (Å²) in [7, 11) is -4.12. The van der Waals surface area contributed by atoms with Gasteiger partial charge in [0.15, 0.2) is 0 Å². The first-order valence-corrected chi connectivity index (χ1v) is 7.64. The number of carbonyl (C=O) groups is 1. The predicted molar refractivity (Wildman–Crippen MR) is 67.2 cm³/mol. The van der Waals surface area contributed by atoms with Gasteiger partial charge in [0.1, 0.15) is 0 Å². The summed E-state index contributed by atoms with van der Waals surface area (Å²) in [6, 6.07) is 2.78. The molecule has 17 heavy (non-hydrogen) atoms. The molecule has 1 rings (SSSR count). The van der Waals surface area contributed by atoms with E-state index in [-0.39, 0.29) is 18.6 Å². The SMILES string of the molecule is C[C@H](N)C(=O)N(CCP(=O)(O)O)c1cccs1. The van der Waals surface area contributed by atoms with E-state index in [0.717, 1.165) is 0 Å². The van der Waals surface area contributed by atoms with E-state index in [1.165, 1.54) is 16.2 Å². The maximum atomic E-state index is 11.8. The summed E-state index contributed by atoms with van der Waals surface area (Å²) >= 11 is 1.32. The fraction of sp³-hybridized carbons (Fsp3) is 0.444. The van der Waals surface area contributed by atoms with Gasteiger partial charge in [0, 0.05) is 6.54 Å². The summed E-state index contributed by atoms with van der Waals surface area (Å²) in [6.07, 6.45) is -0.372. The van der Waals surface area contributed by atoms with Crippen LogP contribution in [0.2, 0.25) is 0 Å². The van der Waals surface area contributed by atoms with Gasteiger partial charge >= 0.3 is 7.60 Å². The van der Waals surface area contributed by atoms with Gasteiger partial charge in [-0.2, -0.15) is 0 Å². The number of nitrogens with two attached hydrogens (primary N) is 1. The van der Waals surface area contributed by atoms with E-state index in [9.17, 15) is 9.36 Å². The maximum Gasteiger partial charge on any atom is 0.327 e. The minimum Gasteiger partial charge on any atom is -0.324 e. The Morgan fingerprint density at radius 3 is 2.71 bits per heavy atom. The Kier molecular flexibility index (Phi) is 4.85. The smallest absolute Gasteiger partial charge is 0.324 e. The molecule has 0 radical (unpaired) electrons. The number of anilines is 1. The molecular formula is C9H15N2O4PS. The molecular weight excluding hydrogens is 263 g/mol. The number of rotatable bonds is 5. The largest absolute Gasteiger partial charge is 0.327 e. The second-order valence-corrected chi connectivity index (χ2v) is 6.32. The molecule has 0 saturated carbocycles. The Morgan fingerprint density at radius 1 is 1.65 bits per heavy atom. The van der Waals surface area contributed by atoms with Gasteiger partial charge in [0.25, 0.3) is 0 Å². The van der Waals surface area contributed by atoms with Crippen molar-refractivity contribution in [3.05, 3.63) is 17.5 Å². The van der Waals surface area contributed by atoms with Crippen LogP contribution >= 0.6 is 18.9 Å². The lowest BCUT2D eigenvalue weighted by Crippen LogP contribution is -2.43. The molecule has 0 unspecified atom stereocenters. The molecule has 0 saturated heterocycles. The Morgan fingerprint density at radius 2 is 2.29 bits per heavy atom. The van der Waals surface area contributed by atoms with Gasteiger partial charge in [-0.15, -0.1) is 11.3 Å². The van der Waals surface area contributed by atoms with Crippen LogP contribution in [0, 0.1) is 0 Å². The molecule has 0 aromatic carbocycles. The molecule has 0 aliphatic rings. The Labute approximate surface area is 103 Å². The molecule has 96 valence electrons. The van der Waals surface area contributed by atoms with Crippen LogP contribution in [0.5, 0.6) is 0 Å². The van der Waals surface area contributed by atoms with Crippen LogP contribution in [0.1, 0.15) is 6.92 Å². The van der Waals surface area contributed by atoms with Crippen molar-refractivity contribution in [1.82, 2.24) is 0 Å². The van der Waals surface area contributed by atoms with Crippen molar-refractivity contribution in [3.63, 3.8) is 0 Å². The van der Waals surface area contributed by atoms with Gasteiger partial charge < -0.3 is 20.4 Å². The van der Waals surface area contributed by atoms with Crippen LogP contribution in [0.15, 0.2) is 17.5 Å². The first-order valence-electron chi connectivity index (χ1n) is 4.96. The summed E-state index contributed by atoms with van der Waals surface area (Å²) in [6.45, 7) is 1.51. The summed E-state index contributed by atoms with van der Waals surface area (Å²) < 4.78 is 10.8. The third-order valence-electron chi connectivity index (χ3n) is 2.04. The fourth-order valence-corrected chi connectivity index (χ4v) is 2.45. The van der Waals surface area contributed by atoms with Crippen LogP contribution < -0.4 is 10.6 Å². The van der Waals surface area contributed by atoms with Gasteiger partial charge in [-0.25, -0.2) is 0 Å². The summed E-state index contributed by atoms with van der Waals surface area (Å²) in [5.74, 6) is -0.346.